The van der Waals surface area contributed by atoms with Crippen LogP contribution in [0, 0.1) is 6.92 Å². The summed E-state index contributed by atoms with van der Waals surface area (Å²) in [6.07, 6.45) is 3.17. The zero-order chi connectivity index (χ0) is 12.3. The van der Waals surface area contributed by atoms with E-state index in [0.29, 0.717) is 12.2 Å². The predicted molar refractivity (Wildman–Crippen MR) is 66.3 cm³/mol. The van der Waals surface area contributed by atoms with Gasteiger partial charge in [0.15, 0.2) is 0 Å². The summed E-state index contributed by atoms with van der Waals surface area (Å²) in [4.78, 5) is 8.15. The third-order valence-electron chi connectivity index (χ3n) is 2.66. The van der Waals surface area contributed by atoms with Gasteiger partial charge in [0.25, 0.3) is 0 Å². The molecular formula is C13H15N3O. The van der Waals surface area contributed by atoms with Gasteiger partial charge in [0.05, 0.1) is 6.10 Å². The van der Waals surface area contributed by atoms with Gasteiger partial charge in [0.2, 0.25) is 0 Å². The Kier molecular flexibility index (Phi) is 3.35. The van der Waals surface area contributed by atoms with Crippen LogP contribution in [0.25, 0.3) is 0 Å². The maximum absolute atomic E-state index is 10.1. The van der Waals surface area contributed by atoms with Crippen molar-refractivity contribution in [2.75, 3.05) is 5.73 Å². The van der Waals surface area contributed by atoms with E-state index in [1.165, 1.54) is 0 Å². The van der Waals surface area contributed by atoms with Crippen molar-refractivity contribution in [2.24, 2.45) is 0 Å². The first-order chi connectivity index (χ1) is 8.16. The van der Waals surface area contributed by atoms with Crippen LogP contribution in [0.5, 0.6) is 0 Å². The van der Waals surface area contributed by atoms with Gasteiger partial charge in [0, 0.05) is 24.5 Å². The lowest BCUT2D eigenvalue weighted by Crippen LogP contribution is -2.05. The molecule has 0 radical (unpaired) electrons. The quantitative estimate of drug-likeness (QED) is 0.839. The van der Waals surface area contributed by atoms with E-state index in [-0.39, 0.29) is 0 Å². The molecule has 0 bridgehead atoms. The van der Waals surface area contributed by atoms with Crippen LogP contribution in [0.4, 0.5) is 5.82 Å². The fourth-order valence-corrected chi connectivity index (χ4v) is 1.63. The number of rotatable bonds is 3. The van der Waals surface area contributed by atoms with Gasteiger partial charge in [-0.05, 0) is 30.2 Å². The highest BCUT2D eigenvalue weighted by Gasteiger charge is 2.10. The van der Waals surface area contributed by atoms with Gasteiger partial charge in [-0.15, -0.1) is 0 Å². The van der Waals surface area contributed by atoms with E-state index >= 15 is 0 Å². The molecule has 2 heterocycles. The second kappa shape index (κ2) is 4.93. The Hall–Kier alpha value is -1.94. The first-order valence-corrected chi connectivity index (χ1v) is 5.47. The molecule has 0 saturated carbocycles. The molecule has 0 aliphatic carbocycles. The Morgan fingerprint density at radius 2 is 2.12 bits per heavy atom. The standard InChI is InChI=1S/C13H15N3O/c1-9-4-5-11(8-16-9)12(17)7-10-3-2-6-15-13(10)14/h2-6,8,12,17H,7H2,1H3,(H2,14,15). The Bertz CT molecular complexity index is 496. The van der Waals surface area contributed by atoms with Gasteiger partial charge in [-0.1, -0.05) is 12.1 Å². The van der Waals surface area contributed by atoms with E-state index in [4.69, 9.17) is 5.73 Å². The van der Waals surface area contributed by atoms with Gasteiger partial charge in [-0.3, -0.25) is 4.98 Å². The fourth-order valence-electron chi connectivity index (χ4n) is 1.63. The molecule has 1 unspecified atom stereocenters. The molecule has 0 spiro atoms. The Balaban J connectivity index is 2.14. The molecular weight excluding hydrogens is 214 g/mol. The summed E-state index contributed by atoms with van der Waals surface area (Å²) >= 11 is 0. The Morgan fingerprint density at radius 3 is 2.76 bits per heavy atom. The molecule has 0 aromatic carbocycles. The maximum Gasteiger partial charge on any atom is 0.126 e. The smallest absolute Gasteiger partial charge is 0.126 e. The normalized spacial score (nSPS) is 12.4. The van der Waals surface area contributed by atoms with Crippen LogP contribution in [0.3, 0.4) is 0 Å². The summed E-state index contributed by atoms with van der Waals surface area (Å²) in [5.74, 6) is 0.464. The number of hydrogen-bond acceptors (Lipinski definition) is 4. The van der Waals surface area contributed by atoms with Crippen LogP contribution in [0.2, 0.25) is 0 Å². The lowest BCUT2D eigenvalue weighted by atomic mass is 10.0. The number of aliphatic hydroxyl groups excluding tert-OH is 1. The highest BCUT2D eigenvalue weighted by atomic mass is 16.3. The first kappa shape index (κ1) is 11.5. The molecule has 0 aliphatic heterocycles. The summed E-state index contributed by atoms with van der Waals surface area (Å²) < 4.78 is 0. The van der Waals surface area contributed by atoms with Gasteiger partial charge in [-0.25, -0.2) is 4.98 Å². The molecule has 2 aromatic rings. The third-order valence-corrected chi connectivity index (χ3v) is 2.66. The van der Waals surface area contributed by atoms with Gasteiger partial charge >= 0.3 is 0 Å². The molecule has 2 aromatic heterocycles. The van der Waals surface area contributed by atoms with Gasteiger partial charge in [0.1, 0.15) is 5.82 Å². The van der Waals surface area contributed by atoms with Gasteiger partial charge in [-0.2, -0.15) is 0 Å². The van der Waals surface area contributed by atoms with Crippen LogP contribution < -0.4 is 5.73 Å². The summed E-state index contributed by atoms with van der Waals surface area (Å²) in [7, 11) is 0. The van der Waals surface area contributed by atoms with Crippen molar-refractivity contribution >= 4 is 5.82 Å². The molecule has 0 fully saturated rings. The molecule has 4 nitrogen and oxygen atoms in total. The Morgan fingerprint density at radius 1 is 1.29 bits per heavy atom. The van der Waals surface area contributed by atoms with Gasteiger partial charge < -0.3 is 10.8 Å². The number of aromatic nitrogens is 2. The van der Waals surface area contributed by atoms with E-state index in [9.17, 15) is 5.11 Å². The summed E-state index contributed by atoms with van der Waals surface area (Å²) in [6, 6.07) is 7.43. The number of nitrogens with two attached hydrogens (primary N) is 1. The number of aryl methyl sites for hydroxylation is 1. The molecule has 0 amide bonds. The second-order valence-corrected chi connectivity index (χ2v) is 4.00. The average molecular weight is 229 g/mol. The average Bonchev–Trinajstić information content (AvgIpc) is 2.33. The number of anilines is 1. The molecule has 0 aliphatic rings. The molecule has 1 atom stereocenters. The van der Waals surface area contributed by atoms with Crippen LogP contribution in [-0.4, -0.2) is 15.1 Å². The van der Waals surface area contributed by atoms with Crippen molar-refractivity contribution in [2.45, 2.75) is 19.4 Å². The minimum Gasteiger partial charge on any atom is -0.388 e. The topological polar surface area (TPSA) is 72.0 Å². The van der Waals surface area contributed by atoms with Crippen molar-refractivity contribution in [3.63, 3.8) is 0 Å². The lowest BCUT2D eigenvalue weighted by molar-refractivity contribution is 0.178. The Labute approximate surface area is 100 Å². The lowest BCUT2D eigenvalue weighted by Gasteiger charge is -2.11. The van der Waals surface area contributed by atoms with E-state index in [1.54, 1.807) is 12.4 Å². The number of nitrogens with zero attached hydrogens (tertiary/aromatic N) is 2. The first-order valence-electron chi connectivity index (χ1n) is 5.47. The summed E-state index contributed by atoms with van der Waals surface area (Å²) in [5.41, 5.74) is 8.30. The van der Waals surface area contributed by atoms with Crippen molar-refractivity contribution in [3.8, 4) is 0 Å². The van der Waals surface area contributed by atoms with Crippen LogP contribution >= 0.6 is 0 Å². The third kappa shape index (κ3) is 2.79. The minimum absolute atomic E-state index is 0.449. The van der Waals surface area contributed by atoms with Crippen LogP contribution in [-0.2, 0) is 6.42 Å². The second-order valence-electron chi connectivity index (χ2n) is 4.00. The highest BCUT2D eigenvalue weighted by molar-refractivity contribution is 5.39. The zero-order valence-electron chi connectivity index (χ0n) is 9.67. The molecule has 17 heavy (non-hydrogen) atoms. The fraction of sp³-hybridized carbons (Fsp3) is 0.231. The van der Waals surface area contributed by atoms with E-state index in [2.05, 4.69) is 9.97 Å². The van der Waals surface area contributed by atoms with Crippen molar-refractivity contribution in [3.05, 3.63) is 53.5 Å². The number of nitrogen functional groups attached to an aromatic ring is 1. The molecule has 0 saturated heterocycles. The van der Waals surface area contributed by atoms with E-state index < -0.39 is 6.10 Å². The van der Waals surface area contributed by atoms with Crippen molar-refractivity contribution < 1.29 is 5.11 Å². The summed E-state index contributed by atoms with van der Waals surface area (Å²) in [6.45, 7) is 1.91. The van der Waals surface area contributed by atoms with Crippen LogP contribution in [0.1, 0.15) is 22.9 Å². The number of pyridine rings is 2. The molecule has 2 rings (SSSR count). The maximum atomic E-state index is 10.1. The van der Waals surface area contributed by atoms with E-state index in [1.807, 2.05) is 31.2 Å². The van der Waals surface area contributed by atoms with E-state index in [0.717, 1.165) is 16.8 Å². The highest BCUT2D eigenvalue weighted by Crippen LogP contribution is 2.19. The molecule has 88 valence electrons. The largest absolute Gasteiger partial charge is 0.388 e. The van der Waals surface area contributed by atoms with Crippen molar-refractivity contribution in [1.82, 2.24) is 9.97 Å². The van der Waals surface area contributed by atoms with Crippen LogP contribution in [0.15, 0.2) is 36.7 Å². The van der Waals surface area contributed by atoms with Crippen molar-refractivity contribution in [1.29, 1.82) is 0 Å². The summed E-state index contributed by atoms with van der Waals surface area (Å²) in [5, 5.41) is 10.1. The minimum atomic E-state index is -0.602. The molecule has 4 heteroatoms. The number of aliphatic hydroxyl groups is 1. The monoisotopic (exact) mass is 229 g/mol. The molecule has 3 N–H and O–H groups in total. The number of hydrogen-bond donors (Lipinski definition) is 2. The predicted octanol–water partition coefficient (Wildman–Crippen LogP) is 1.64. The SMILES string of the molecule is Cc1ccc(C(O)Cc2cccnc2N)cn1. The zero-order valence-corrected chi connectivity index (χ0v) is 9.67.